The first-order valence-electron chi connectivity index (χ1n) is 6.52. The van der Waals surface area contributed by atoms with Crippen LogP contribution in [0.1, 0.15) is 86.0 Å². The summed E-state index contributed by atoms with van der Waals surface area (Å²) < 4.78 is 18.3. The lowest BCUT2D eigenvalue weighted by Gasteiger charge is -2.07. The Labute approximate surface area is 183 Å². The molecule has 0 saturated heterocycles. The zero-order valence-electron chi connectivity index (χ0n) is 12.7. The SMILES string of the molecule is C.C.C.C.C.C.C.COCOC(=O)CC(=O)OCOC(=O)c1ccc(C(C)=O)cc1. The molecule has 1 aromatic rings. The maximum Gasteiger partial charge on any atom is 0.340 e. The van der Waals surface area contributed by atoms with E-state index in [2.05, 4.69) is 14.2 Å². The van der Waals surface area contributed by atoms with Gasteiger partial charge in [-0.3, -0.25) is 14.4 Å². The molecule has 0 bridgehead atoms. The molecule has 0 aromatic heterocycles. The van der Waals surface area contributed by atoms with E-state index in [4.69, 9.17) is 4.74 Å². The Hall–Kier alpha value is -2.74. The second-order valence-electron chi connectivity index (χ2n) is 4.30. The van der Waals surface area contributed by atoms with Gasteiger partial charge in [0.05, 0.1) is 5.56 Å². The smallest absolute Gasteiger partial charge is 0.340 e. The molecule has 0 aliphatic heterocycles. The van der Waals surface area contributed by atoms with Crippen molar-refractivity contribution in [3.8, 4) is 0 Å². The zero-order chi connectivity index (χ0) is 17.2. The summed E-state index contributed by atoms with van der Waals surface area (Å²) >= 11 is 0. The maximum atomic E-state index is 11.7. The van der Waals surface area contributed by atoms with Crippen molar-refractivity contribution in [1.82, 2.24) is 0 Å². The van der Waals surface area contributed by atoms with Gasteiger partial charge in [0.1, 0.15) is 6.42 Å². The van der Waals surface area contributed by atoms with E-state index in [-0.39, 0.29) is 70.1 Å². The predicted octanol–water partition coefficient (Wildman–Crippen LogP) is 5.54. The van der Waals surface area contributed by atoms with E-state index in [0.717, 1.165) is 0 Å². The molecule has 0 spiro atoms. The molecule has 0 aliphatic carbocycles. The van der Waals surface area contributed by atoms with Crippen molar-refractivity contribution in [1.29, 1.82) is 0 Å². The Morgan fingerprint density at radius 3 is 1.47 bits per heavy atom. The molecule has 0 fully saturated rings. The van der Waals surface area contributed by atoms with Crippen LogP contribution in [0.5, 0.6) is 0 Å². The summed E-state index contributed by atoms with van der Waals surface area (Å²) in [6.07, 6.45) is -0.617. The first-order chi connectivity index (χ1) is 10.9. The minimum Gasteiger partial charge on any atom is -0.438 e. The van der Waals surface area contributed by atoms with Crippen LogP contribution in [0.25, 0.3) is 0 Å². The molecular formula is C22H44O8. The largest absolute Gasteiger partial charge is 0.438 e. The summed E-state index contributed by atoms with van der Waals surface area (Å²) in [6.45, 7) is 0.505. The van der Waals surface area contributed by atoms with Crippen LogP contribution in [0.4, 0.5) is 0 Å². The van der Waals surface area contributed by atoms with Crippen LogP contribution < -0.4 is 0 Å². The van der Waals surface area contributed by atoms with Crippen LogP contribution >= 0.6 is 0 Å². The topological polar surface area (TPSA) is 105 Å². The summed E-state index contributed by atoms with van der Waals surface area (Å²) in [5.74, 6) is -2.57. The normalized spacial score (nSPS) is 7.53. The van der Waals surface area contributed by atoms with Gasteiger partial charge in [0.25, 0.3) is 0 Å². The van der Waals surface area contributed by atoms with Crippen molar-refractivity contribution in [3.05, 3.63) is 35.4 Å². The number of methoxy groups -OCH3 is 1. The van der Waals surface area contributed by atoms with Crippen molar-refractivity contribution in [2.45, 2.75) is 65.3 Å². The van der Waals surface area contributed by atoms with Crippen LogP contribution in [-0.4, -0.2) is 44.4 Å². The highest BCUT2D eigenvalue weighted by molar-refractivity contribution is 5.96. The summed E-state index contributed by atoms with van der Waals surface area (Å²) in [5.41, 5.74) is 0.660. The number of esters is 3. The van der Waals surface area contributed by atoms with E-state index in [0.29, 0.717) is 5.56 Å². The highest BCUT2D eigenvalue weighted by Crippen LogP contribution is 2.07. The van der Waals surface area contributed by atoms with E-state index in [1.54, 1.807) is 0 Å². The Bertz CT molecular complexity index is 579. The van der Waals surface area contributed by atoms with Crippen molar-refractivity contribution < 1.29 is 38.1 Å². The van der Waals surface area contributed by atoms with Gasteiger partial charge in [-0.15, -0.1) is 0 Å². The molecule has 0 saturated carbocycles. The van der Waals surface area contributed by atoms with E-state index >= 15 is 0 Å². The van der Waals surface area contributed by atoms with E-state index < -0.39 is 31.1 Å². The number of benzene rings is 1. The second kappa shape index (κ2) is 24.3. The Morgan fingerprint density at radius 1 is 0.667 bits per heavy atom. The molecule has 1 aromatic carbocycles. The van der Waals surface area contributed by atoms with Crippen LogP contribution in [0.15, 0.2) is 24.3 Å². The van der Waals surface area contributed by atoms with Gasteiger partial charge in [0.2, 0.25) is 6.79 Å². The van der Waals surface area contributed by atoms with Crippen molar-refractivity contribution in [2.75, 3.05) is 20.7 Å². The van der Waals surface area contributed by atoms with Crippen LogP contribution in [0.2, 0.25) is 0 Å². The third kappa shape index (κ3) is 17.4. The molecule has 0 unspecified atom stereocenters. The molecule has 0 radical (unpaired) electrons. The standard InChI is InChI=1S/C15H16O8.7CH4/c1-10(16)11-3-5-12(6-4-11)15(19)23-9-22-14(18)7-13(17)21-8-20-2;;;;;;;/h3-6H,7-9H2,1-2H3;7*1H4. The van der Waals surface area contributed by atoms with Gasteiger partial charge >= 0.3 is 17.9 Å². The summed E-state index contributed by atoms with van der Waals surface area (Å²) in [6, 6.07) is 5.81. The van der Waals surface area contributed by atoms with E-state index in [1.165, 1.54) is 38.3 Å². The van der Waals surface area contributed by atoms with Crippen LogP contribution in [0, 0.1) is 0 Å². The van der Waals surface area contributed by atoms with Crippen LogP contribution in [0.3, 0.4) is 0 Å². The summed E-state index contributed by atoms with van der Waals surface area (Å²) in [4.78, 5) is 45.1. The molecule has 180 valence electrons. The molecule has 1 rings (SSSR count). The van der Waals surface area contributed by atoms with Gasteiger partial charge in [0, 0.05) is 12.7 Å². The number of carbonyl (C=O) groups is 4. The fraction of sp³-hybridized carbons (Fsp3) is 0.545. The lowest BCUT2D eigenvalue weighted by atomic mass is 10.1. The zero-order valence-corrected chi connectivity index (χ0v) is 12.7. The highest BCUT2D eigenvalue weighted by Gasteiger charge is 2.13. The first-order valence-corrected chi connectivity index (χ1v) is 6.52. The third-order valence-electron chi connectivity index (χ3n) is 2.56. The third-order valence-corrected chi connectivity index (χ3v) is 2.56. The number of hydrogen-bond donors (Lipinski definition) is 0. The summed E-state index contributed by atoms with van der Waals surface area (Å²) in [5, 5.41) is 0. The van der Waals surface area contributed by atoms with E-state index in [9.17, 15) is 19.2 Å². The Kier molecular flexibility index (Phi) is 37.1. The second-order valence-corrected chi connectivity index (χ2v) is 4.30. The van der Waals surface area contributed by atoms with Gasteiger partial charge in [0.15, 0.2) is 12.6 Å². The fourth-order valence-electron chi connectivity index (χ4n) is 1.42. The Balaban J connectivity index is -0.000000151. The first kappa shape index (κ1) is 45.8. The fourth-order valence-corrected chi connectivity index (χ4v) is 1.42. The number of hydrogen-bond acceptors (Lipinski definition) is 8. The van der Waals surface area contributed by atoms with Crippen molar-refractivity contribution in [2.24, 2.45) is 0 Å². The van der Waals surface area contributed by atoms with Gasteiger partial charge in [-0.2, -0.15) is 0 Å². The van der Waals surface area contributed by atoms with Gasteiger partial charge < -0.3 is 18.9 Å². The molecule has 0 heterocycles. The number of carbonyl (C=O) groups excluding carboxylic acids is 4. The molecule has 8 heteroatoms. The number of ether oxygens (including phenoxy) is 4. The van der Waals surface area contributed by atoms with Crippen LogP contribution in [-0.2, 0) is 28.5 Å². The highest BCUT2D eigenvalue weighted by atomic mass is 16.7. The average molecular weight is 437 g/mol. The molecule has 0 N–H and O–H groups in total. The molecular weight excluding hydrogens is 392 g/mol. The summed E-state index contributed by atoms with van der Waals surface area (Å²) in [7, 11) is 1.33. The van der Waals surface area contributed by atoms with Gasteiger partial charge in [-0.05, 0) is 19.1 Å². The minimum atomic E-state index is -0.897. The molecule has 0 amide bonds. The van der Waals surface area contributed by atoms with Crippen molar-refractivity contribution in [3.63, 3.8) is 0 Å². The lowest BCUT2D eigenvalue weighted by molar-refractivity contribution is -0.164. The quantitative estimate of drug-likeness (QED) is 0.226. The predicted molar refractivity (Wildman–Crippen MR) is 123 cm³/mol. The van der Waals surface area contributed by atoms with Gasteiger partial charge in [-0.25, -0.2) is 4.79 Å². The Morgan fingerprint density at radius 2 is 1.07 bits per heavy atom. The lowest BCUT2D eigenvalue weighted by Crippen LogP contribution is -2.17. The number of Topliss-reactive ketones (excluding diaryl/α,β-unsaturated/α-hetero) is 1. The molecule has 0 atom stereocenters. The average Bonchev–Trinajstić information content (AvgIpc) is 2.52. The molecule has 0 aliphatic rings. The minimum absolute atomic E-state index is 0. The van der Waals surface area contributed by atoms with Gasteiger partial charge in [-0.1, -0.05) is 64.1 Å². The molecule has 8 nitrogen and oxygen atoms in total. The number of ketones is 1. The maximum absolute atomic E-state index is 11.7. The number of rotatable bonds is 8. The van der Waals surface area contributed by atoms with E-state index in [1.807, 2.05) is 0 Å². The van der Waals surface area contributed by atoms with Crippen molar-refractivity contribution >= 4 is 23.7 Å². The monoisotopic (exact) mass is 436 g/mol. The molecule has 30 heavy (non-hydrogen) atoms.